The molecule has 0 radical (unpaired) electrons. The van der Waals surface area contributed by atoms with Crippen LogP contribution in [0.25, 0.3) is 0 Å². The summed E-state index contributed by atoms with van der Waals surface area (Å²) in [4.78, 5) is 39.1. The summed E-state index contributed by atoms with van der Waals surface area (Å²) in [6.07, 6.45) is -0.311. The van der Waals surface area contributed by atoms with Gasteiger partial charge in [-0.1, -0.05) is 65.7 Å². The molecule has 0 saturated heterocycles. The van der Waals surface area contributed by atoms with Gasteiger partial charge in [0.1, 0.15) is 0 Å². The molecule has 2 amide bonds. The van der Waals surface area contributed by atoms with Crippen molar-refractivity contribution in [3.05, 3.63) is 124 Å². The second-order valence-electron chi connectivity index (χ2n) is 8.81. The molecule has 0 heterocycles. The van der Waals surface area contributed by atoms with Crippen molar-refractivity contribution < 1.29 is 22.8 Å². The summed E-state index contributed by atoms with van der Waals surface area (Å²) in [6, 6.07) is 26.0. The minimum atomic E-state index is -3.70. The normalized spacial score (nSPS) is 11.0. The number of ketones is 1. The summed E-state index contributed by atoms with van der Waals surface area (Å²) in [5.74, 6) is -1.75. The monoisotopic (exact) mass is 560 g/mol. The van der Waals surface area contributed by atoms with Crippen LogP contribution in [0.4, 0.5) is 11.4 Å². The molecule has 9 heteroatoms. The average Bonchev–Trinajstić information content (AvgIpc) is 2.93. The molecule has 198 valence electrons. The molecule has 39 heavy (non-hydrogen) atoms. The minimum absolute atomic E-state index is 0.0680. The number of anilines is 2. The van der Waals surface area contributed by atoms with Crippen LogP contribution in [0.2, 0.25) is 5.02 Å². The van der Waals surface area contributed by atoms with E-state index in [1.165, 1.54) is 30.3 Å². The number of nitrogens with one attached hydrogen (secondary N) is 2. The second-order valence-corrected chi connectivity index (χ2v) is 11.4. The molecular weight excluding hydrogens is 536 g/mol. The summed E-state index contributed by atoms with van der Waals surface area (Å²) >= 11 is 5.82. The highest BCUT2D eigenvalue weighted by Crippen LogP contribution is 2.24. The topological polar surface area (TPSA) is 109 Å². The summed E-state index contributed by atoms with van der Waals surface area (Å²) in [6.45, 7) is 1.85. The first kappa shape index (κ1) is 27.8. The molecule has 0 aliphatic rings. The predicted octanol–water partition coefficient (Wildman–Crippen LogP) is 5.93. The second kappa shape index (κ2) is 12.1. The van der Waals surface area contributed by atoms with E-state index in [1.54, 1.807) is 60.7 Å². The third-order valence-electron chi connectivity index (χ3n) is 5.92. The first-order valence-electron chi connectivity index (χ1n) is 12.0. The lowest BCUT2D eigenvalue weighted by molar-refractivity contribution is -0.115. The van der Waals surface area contributed by atoms with Gasteiger partial charge in [-0.25, -0.2) is 8.42 Å². The number of hydrogen-bond acceptors (Lipinski definition) is 5. The maximum Gasteiger partial charge on any atom is 0.257 e. The van der Waals surface area contributed by atoms with E-state index in [2.05, 4.69) is 10.6 Å². The zero-order valence-corrected chi connectivity index (χ0v) is 22.6. The van der Waals surface area contributed by atoms with Gasteiger partial charge in [-0.2, -0.15) is 0 Å². The van der Waals surface area contributed by atoms with Crippen molar-refractivity contribution in [3.63, 3.8) is 0 Å². The fraction of sp³-hybridized carbons (Fsp3) is 0.100. The summed E-state index contributed by atoms with van der Waals surface area (Å²) in [5.41, 5.74) is 2.38. The van der Waals surface area contributed by atoms with Crippen LogP contribution in [0.1, 0.15) is 38.3 Å². The molecule has 4 rings (SSSR count). The molecule has 0 saturated carbocycles. The number of rotatable bonds is 9. The number of aryl methyl sites for hydroxylation is 1. The molecule has 0 atom stereocenters. The van der Waals surface area contributed by atoms with E-state index in [0.717, 1.165) is 5.56 Å². The van der Waals surface area contributed by atoms with Crippen LogP contribution in [-0.2, 0) is 14.6 Å². The Balaban J connectivity index is 1.49. The van der Waals surface area contributed by atoms with Crippen molar-refractivity contribution >= 4 is 50.4 Å². The Morgan fingerprint density at radius 1 is 0.744 bits per heavy atom. The van der Waals surface area contributed by atoms with Crippen LogP contribution in [0, 0.1) is 6.92 Å². The summed E-state index contributed by atoms with van der Waals surface area (Å²) in [5, 5.41) is 5.82. The Kier molecular flexibility index (Phi) is 8.59. The number of amides is 2. The zero-order valence-electron chi connectivity index (χ0n) is 21.0. The van der Waals surface area contributed by atoms with Gasteiger partial charge in [0.2, 0.25) is 5.91 Å². The van der Waals surface area contributed by atoms with Crippen LogP contribution in [0.3, 0.4) is 0 Å². The lowest BCUT2D eigenvalue weighted by Crippen LogP contribution is -2.21. The van der Waals surface area contributed by atoms with Gasteiger partial charge in [-0.3, -0.25) is 14.4 Å². The average molecular weight is 561 g/mol. The van der Waals surface area contributed by atoms with E-state index in [0.29, 0.717) is 21.8 Å². The minimum Gasteiger partial charge on any atom is -0.325 e. The Hall–Kier alpha value is -4.27. The van der Waals surface area contributed by atoms with Gasteiger partial charge in [0, 0.05) is 22.6 Å². The number of hydrogen-bond donors (Lipinski definition) is 2. The molecule has 7 nitrogen and oxygen atoms in total. The Labute approximate surface area is 231 Å². The fourth-order valence-electron chi connectivity index (χ4n) is 3.88. The van der Waals surface area contributed by atoms with Gasteiger partial charge < -0.3 is 10.6 Å². The zero-order chi connectivity index (χ0) is 28.0. The highest BCUT2D eigenvalue weighted by Gasteiger charge is 2.20. The van der Waals surface area contributed by atoms with Gasteiger partial charge in [-0.05, 0) is 55.5 Å². The summed E-state index contributed by atoms with van der Waals surface area (Å²) in [7, 11) is -3.70. The van der Waals surface area contributed by atoms with E-state index in [9.17, 15) is 22.8 Å². The highest BCUT2D eigenvalue weighted by molar-refractivity contribution is 7.91. The van der Waals surface area contributed by atoms with Crippen LogP contribution in [-0.4, -0.2) is 31.8 Å². The molecule has 0 aliphatic heterocycles. The molecule has 4 aromatic carbocycles. The van der Waals surface area contributed by atoms with Crippen LogP contribution < -0.4 is 10.6 Å². The van der Waals surface area contributed by atoms with E-state index in [1.807, 2.05) is 13.0 Å². The van der Waals surface area contributed by atoms with Gasteiger partial charge in [0.25, 0.3) is 5.91 Å². The number of halogens is 1. The molecule has 4 aromatic rings. The number of para-hydroxylation sites is 1. The van der Waals surface area contributed by atoms with Crippen molar-refractivity contribution in [2.24, 2.45) is 0 Å². The number of carbonyl (C=O) groups is 3. The Bertz CT molecular complexity index is 1640. The van der Waals surface area contributed by atoms with Gasteiger partial charge in [-0.15, -0.1) is 0 Å². The van der Waals surface area contributed by atoms with Gasteiger partial charge in [0.05, 0.1) is 27.6 Å². The molecule has 0 unspecified atom stereocenters. The molecule has 0 fully saturated rings. The number of sulfone groups is 1. The highest BCUT2D eigenvalue weighted by atomic mass is 35.5. The van der Waals surface area contributed by atoms with Gasteiger partial charge in [0.15, 0.2) is 15.6 Å². The maximum absolute atomic E-state index is 13.3. The predicted molar refractivity (Wildman–Crippen MR) is 152 cm³/mol. The molecule has 0 bridgehead atoms. The van der Waals surface area contributed by atoms with Crippen molar-refractivity contribution in [1.82, 2.24) is 0 Å². The standard InChI is InChI=1S/C30H25ClN2O5S/c1-20-11-16-27(25(19-20)29(35)21-7-3-2-4-8-21)33-30(36)24-9-5-6-10-26(24)32-28(34)17-18-39(37,38)23-14-12-22(31)13-15-23/h2-16,19H,17-18H2,1H3,(H,32,34)(H,33,36). The van der Waals surface area contributed by atoms with Crippen LogP contribution >= 0.6 is 11.6 Å². The maximum atomic E-state index is 13.3. The fourth-order valence-corrected chi connectivity index (χ4v) is 5.25. The first-order chi connectivity index (χ1) is 18.6. The quantitative estimate of drug-likeness (QED) is 0.246. The third kappa shape index (κ3) is 6.98. The molecular formula is C30H25ClN2O5S. The van der Waals surface area contributed by atoms with Crippen molar-refractivity contribution in [3.8, 4) is 0 Å². The van der Waals surface area contributed by atoms with Crippen molar-refractivity contribution in [2.75, 3.05) is 16.4 Å². The van der Waals surface area contributed by atoms with Crippen molar-refractivity contribution in [1.29, 1.82) is 0 Å². The SMILES string of the molecule is Cc1ccc(NC(=O)c2ccccc2NC(=O)CCS(=O)(=O)c2ccc(Cl)cc2)c(C(=O)c2ccccc2)c1. The van der Waals surface area contributed by atoms with E-state index >= 15 is 0 Å². The van der Waals surface area contributed by atoms with E-state index in [-0.39, 0.29) is 28.4 Å². The van der Waals surface area contributed by atoms with E-state index in [4.69, 9.17) is 11.6 Å². The van der Waals surface area contributed by atoms with E-state index < -0.39 is 27.4 Å². The number of benzene rings is 4. The van der Waals surface area contributed by atoms with Gasteiger partial charge >= 0.3 is 0 Å². The number of carbonyl (C=O) groups excluding carboxylic acids is 3. The molecule has 0 spiro atoms. The van der Waals surface area contributed by atoms with Crippen LogP contribution in [0.15, 0.2) is 102 Å². The molecule has 0 aliphatic carbocycles. The third-order valence-corrected chi connectivity index (χ3v) is 7.90. The lowest BCUT2D eigenvalue weighted by Gasteiger charge is -2.14. The van der Waals surface area contributed by atoms with Crippen molar-refractivity contribution in [2.45, 2.75) is 18.2 Å². The van der Waals surface area contributed by atoms with Crippen LogP contribution in [0.5, 0.6) is 0 Å². The molecule has 2 N–H and O–H groups in total. The smallest absolute Gasteiger partial charge is 0.257 e. The first-order valence-corrected chi connectivity index (χ1v) is 14.1. The Morgan fingerprint density at radius 3 is 2.10 bits per heavy atom. The molecule has 0 aromatic heterocycles. The Morgan fingerprint density at radius 2 is 1.38 bits per heavy atom. The lowest BCUT2D eigenvalue weighted by atomic mass is 9.99. The largest absolute Gasteiger partial charge is 0.325 e. The summed E-state index contributed by atoms with van der Waals surface area (Å²) < 4.78 is 25.2.